The van der Waals surface area contributed by atoms with Gasteiger partial charge in [0.25, 0.3) is 5.69 Å². The van der Waals surface area contributed by atoms with Gasteiger partial charge in [-0.1, -0.05) is 6.07 Å². The molecular weight excluding hydrogens is 444 g/mol. The van der Waals surface area contributed by atoms with Gasteiger partial charge in [0.05, 0.1) is 11.0 Å². The van der Waals surface area contributed by atoms with Crippen molar-refractivity contribution in [3.63, 3.8) is 0 Å². The second kappa shape index (κ2) is 11.2. The predicted octanol–water partition coefficient (Wildman–Crippen LogP) is 0.630. The summed E-state index contributed by atoms with van der Waals surface area (Å²) in [7, 11) is 0. The zero-order valence-electron chi connectivity index (χ0n) is 18.3. The number of nitrogens with zero attached hydrogens (tertiary/aromatic N) is 1. The average Bonchev–Trinajstić information content (AvgIpc) is 2.70. The molecule has 1 fully saturated rings. The van der Waals surface area contributed by atoms with Gasteiger partial charge in [-0.25, -0.2) is 0 Å². The minimum atomic E-state index is -1.37. The number of nitrogens with one attached hydrogen (secondary N) is 1. The smallest absolute Gasteiger partial charge is 0.303 e. The summed E-state index contributed by atoms with van der Waals surface area (Å²) in [5.41, 5.74) is -0.259. The first-order valence-electron chi connectivity index (χ1n) is 9.79. The van der Waals surface area contributed by atoms with Crippen molar-refractivity contribution in [1.82, 2.24) is 5.32 Å². The molecule has 13 heteroatoms. The molecule has 0 spiro atoms. The lowest BCUT2D eigenvalue weighted by Gasteiger charge is -2.44. The van der Waals surface area contributed by atoms with E-state index in [1.807, 2.05) is 0 Å². The summed E-state index contributed by atoms with van der Waals surface area (Å²) in [6.07, 6.45) is -5.09. The van der Waals surface area contributed by atoms with Gasteiger partial charge < -0.3 is 29.0 Å². The van der Waals surface area contributed by atoms with Crippen molar-refractivity contribution in [2.45, 2.75) is 58.3 Å². The highest BCUT2D eigenvalue weighted by Gasteiger charge is 2.52. The summed E-state index contributed by atoms with van der Waals surface area (Å²) in [6.45, 7) is 4.19. The SMILES string of the molecule is CC(=O)N[C@H]1[C@H](Oc2cccc([N+](=O)[O-])c2)O[C@H](COC(C)=O)[C@@H](OC(C)=O)[C@@H]1OC(C)=O. The third kappa shape index (κ3) is 7.42. The number of hydrogen-bond acceptors (Lipinski definition) is 11. The van der Waals surface area contributed by atoms with E-state index >= 15 is 0 Å². The van der Waals surface area contributed by atoms with Gasteiger partial charge in [0.2, 0.25) is 12.2 Å². The molecule has 1 N–H and O–H groups in total. The molecule has 0 aliphatic carbocycles. The summed E-state index contributed by atoms with van der Waals surface area (Å²) in [6, 6.07) is 3.99. The van der Waals surface area contributed by atoms with Gasteiger partial charge in [-0.15, -0.1) is 0 Å². The van der Waals surface area contributed by atoms with E-state index in [2.05, 4.69) is 5.32 Å². The highest BCUT2D eigenvalue weighted by molar-refractivity contribution is 5.73. The number of hydrogen-bond donors (Lipinski definition) is 1. The lowest BCUT2D eigenvalue weighted by Crippen LogP contribution is -2.67. The van der Waals surface area contributed by atoms with Crippen LogP contribution in [0.1, 0.15) is 27.7 Å². The first kappa shape index (κ1) is 25.5. The van der Waals surface area contributed by atoms with Crippen LogP contribution in [0.2, 0.25) is 0 Å². The maximum atomic E-state index is 11.9. The summed E-state index contributed by atoms with van der Waals surface area (Å²) in [5.74, 6) is -2.68. The van der Waals surface area contributed by atoms with Crippen LogP contribution in [0.4, 0.5) is 5.69 Å². The normalized spacial score (nSPS) is 24.2. The molecule has 1 aliphatic rings. The van der Waals surface area contributed by atoms with Gasteiger partial charge in [-0.2, -0.15) is 0 Å². The number of amides is 1. The molecule has 1 aromatic carbocycles. The second-order valence-corrected chi connectivity index (χ2v) is 7.09. The molecule has 180 valence electrons. The monoisotopic (exact) mass is 468 g/mol. The van der Waals surface area contributed by atoms with Crippen LogP contribution >= 0.6 is 0 Å². The number of nitro benzene ring substituents is 1. The lowest BCUT2D eigenvalue weighted by molar-refractivity contribution is -0.385. The fraction of sp³-hybridized carbons (Fsp3) is 0.500. The Bertz CT molecular complexity index is 919. The molecule has 2 rings (SSSR count). The maximum absolute atomic E-state index is 11.9. The molecule has 33 heavy (non-hydrogen) atoms. The summed E-state index contributed by atoms with van der Waals surface area (Å²) in [4.78, 5) is 57.2. The molecule has 0 unspecified atom stereocenters. The molecule has 13 nitrogen and oxygen atoms in total. The fourth-order valence-electron chi connectivity index (χ4n) is 3.20. The van der Waals surface area contributed by atoms with Gasteiger partial charge >= 0.3 is 17.9 Å². The molecule has 0 bridgehead atoms. The lowest BCUT2D eigenvalue weighted by atomic mass is 9.96. The van der Waals surface area contributed by atoms with E-state index in [-0.39, 0.29) is 11.4 Å². The Morgan fingerprint density at radius 2 is 1.67 bits per heavy atom. The predicted molar refractivity (Wildman–Crippen MR) is 108 cm³/mol. The van der Waals surface area contributed by atoms with Crippen molar-refractivity contribution in [2.24, 2.45) is 0 Å². The largest absolute Gasteiger partial charge is 0.463 e. The average molecular weight is 468 g/mol. The zero-order chi connectivity index (χ0) is 24.7. The fourth-order valence-corrected chi connectivity index (χ4v) is 3.20. The van der Waals surface area contributed by atoms with E-state index < -0.39 is 66.0 Å². The first-order chi connectivity index (χ1) is 15.5. The number of rotatable bonds is 8. The Hall–Kier alpha value is -3.74. The number of nitro groups is 1. The first-order valence-corrected chi connectivity index (χ1v) is 9.79. The number of esters is 3. The molecule has 0 saturated carbocycles. The van der Waals surface area contributed by atoms with Crippen molar-refractivity contribution in [1.29, 1.82) is 0 Å². The van der Waals surface area contributed by atoms with E-state index in [4.69, 9.17) is 23.7 Å². The Morgan fingerprint density at radius 3 is 2.21 bits per heavy atom. The van der Waals surface area contributed by atoms with Crippen molar-refractivity contribution in [3.8, 4) is 5.75 Å². The van der Waals surface area contributed by atoms with Crippen LogP contribution in [-0.4, -0.2) is 66.0 Å². The second-order valence-electron chi connectivity index (χ2n) is 7.09. The molecule has 0 radical (unpaired) electrons. The third-order valence-electron chi connectivity index (χ3n) is 4.35. The number of carbonyl (C=O) groups excluding carboxylic acids is 4. The summed E-state index contributed by atoms with van der Waals surface area (Å²) in [5, 5.41) is 13.6. The minimum absolute atomic E-state index is 0.0169. The van der Waals surface area contributed by atoms with Crippen molar-refractivity contribution < 1.29 is 47.8 Å². The van der Waals surface area contributed by atoms with E-state index in [9.17, 15) is 29.3 Å². The van der Waals surface area contributed by atoms with E-state index in [0.717, 1.165) is 26.8 Å². The zero-order valence-corrected chi connectivity index (χ0v) is 18.3. The Labute approximate surface area is 188 Å². The van der Waals surface area contributed by atoms with Gasteiger partial charge in [-0.3, -0.25) is 29.3 Å². The number of non-ortho nitro benzene ring substituents is 1. The Morgan fingerprint density at radius 1 is 1.03 bits per heavy atom. The van der Waals surface area contributed by atoms with Crippen LogP contribution in [0.5, 0.6) is 5.75 Å². The molecule has 1 amide bonds. The van der Waals surface area contributed by atoms with E-state index in [0.29, 0.717) is 0 Å². The molecule has 1 aromatic rings. The van der Waals surface area contributed by atoms with Crippen molar-refractivity contribution >= 4 is 29.5 Å². The van der Waals surface area contributed by atoms with Crippen LogP contribution in [0.25, 0.3) is 0 Å². The summed E-state index contributed by atoms with van der Waals surface area (Å²) < 4.78 is 27.2. The number of ether oxygens (including phenoxy) is 5. The van der Waals surface area contributed by atoms with Crippen LogP contribution in [0.3, 0.4) is 0 Å². The van der Waals surface area contributed by atoms with Gasteiger partial charge in [0.15, 0.2) is 12.2 Å². The standard InChI is InChI=1S/C20H24N2O11/c1-10(23)21-17-19(31-13(4)26)18(30-12(3)25)16(9-29-11(2)24)33-20(17)32-15-7-5-6-14(8-15)22(27)28/h5-8,16-20H,9H2,1-4H3,(H,21,23)/t16-,17-,18-,19-,20-/m1/s1. The van der Waals surface area contributed by atoms with E-state index in [1.165, 1.54) is 25.1 Å². The highest BCUT2D eigenvalue weighted by Crippen LogP contribution is 2.30. The maximum Gasteiger partial charge on any atom is 0.303 e. The molecule has 1 aliphatic heterocycles. The molecule has 1 heterocycles. The van der Waals surface area contributed by atoms with Crippen molar-refractivity contribution in [3.05, 3.63) is 34.4 Å². The van der Waals surface area contributed by atoms with Crippen molar-refractivity contribution in [2.75, 3.05) is 6.61 Å². The van der Waals surface area contributed by atoms with Gasteiger partial charge in [0.1, 0.15) is 24.5 Å². The van der Waals surface area contributed by atoms with Gasteiger partial charge in [-0.05, 0) is 6.07 Å². The third-order valence-corrected chi connectivity index (χ3v) is 4.35. The van der Waals surface area contributed by atoms with Crippen LogP contribution in [0, 0.1) is 10.1 Å². The highest BCUT2D eigenvalue weighted by atomic mass is 16.7. The van der Waals surface area contributed by atoms with Crippen LogP contribution in [-0.2, 0) is 38.1 Å². The Kier molecular flexibility index (Phi) is 8.68. The van der Waals surface area contributed by atoms with Gasteiger partial charge in [0, 0.05) is 33.8 Å². The quantitative estimate of drug-likeness (QED) is 0.246. The minimum Gasteiger partial charge on any atom is -0.463 e. The van der Waals surface area contributed by atoms with E-state index in [1.54, 1.807) is 0 Å². The van der Waals surface area contributed by atoms with Crippen LogP contribution in [0.15, 0.2) is 24.3 Å². The number of benzene rings is 1. The molecule has 1 saturated heterocycles. The molecular formula is C20H24N2O11. The Balaban J connectivity index is 2.47. The molecule has 0 aromatic heterocycles. The topological polar surface area (TPSA) is 170 Å². The summed E-state index contributed by atoms with van der Waals surface area (Å²) >= 11 is 0. The molecule has 5 atom stereocenters. The van der Waals surface area contributed by atoms with Crippen LogP contribution < -0.4 is 10.1 Å². The number of carbonyl (C=O) groups is 4.